The molecule has 0 spiro atoms. The largest absolute Gasteiger partial charge is 0.444 e. The SMILES string of the molecule is Cc1[nH]nc(NC(=O)OC(C)(C)C)c1-c1cccc(Br)c1. The number of hydrogen-bond donors (Lipinski definition) is 2. The summed E-state index contributed by atoms with van der Waals surface area (Å²) in [5.41, 5.74) is 2.13. The van der Waals surface area contributed by atoms with E-state index in [1.807, 2.05) is 52.0 Å². The zero-order valence-electron chi connectivity index (χ0n) is 12.5. The molecule has 6 heteroatoms. The number of anilines is 1. The minimum Gasteiger partial charge on any atom is -0.444 e. The van der Waals surface area contributed by atoms with E-state index in [1.54, 1.807) is 0 Å². The summed E-state index contributed by atoms with van der Waals surface area (Å²) in [6.07, 6.45) is -0.523. The van der Waals surface area contributed by atoms with E-state index in [-0.39, 0.29) is 0 Å². The van der Waals surface area contributed by atoms with E-state index in [2.05, 4.69) is 31.4 Å². The lowest BCUT2D eigenvalue weighted by Crippen LogP contribution is -2.27. The summed E-state index contributed by atoms with van der Waals surface area (Å²) < 4.78 is 6.21. The van der Waals surface area contributed by atoms with Crippen molar-refractivity contribution in [2.75, 3.05) is 5.32 Å². The van der Waals surface area contributed by atoms with Gasteiger partial charge < -0.3 is 4.74 Å². The highest BCUT2D eigenvalue weighted by molar-refractivity contribution is 9.10. The van der Waals surface area contributed by atoms with Gasteiger partial charge in [0.1, 0.15) is 5.60 Å². The number of rotatable bonds is 2. The van der Waals surface area contributed by atoms with Gasteiger partial charge in [-0.15, -0.1) is 0 Å². The molecule has 112 valence electrons. The van der Waals surface area contributed by atoms with E-state index < -0.39 is 11.7 Å². The van der Waals surface area contributed by atoms with Crippen LogP contribution in [0.25, 0.3) is 11.1 Å². The molecular weight excluding hydrogens is 334 g/mol. The van der Waals surface area contributed by atoms with Gasteiger partial charge in [-0.2, -0.15) is 5.10 Å². The smallest absolute Gasteiger partial charge is 0.413 e. The summed E-state index contributed by atoms with van der Waals surface area (Å²) in [5, 5.41) is 9.71. The van der Waals surface area contributed by atoms with Crippen molar-refractivity contribution in [3.63, 3.8) is 0 Å². The summed E-state index contributed by atoms with van der Waals surface area (Å²) in [4.78, 5) is 11.9. The van der Waals surface area contributed by atoms with Crippen molar-refractivity contribution < 1.29 is 9.53 Å². The van der Waals surface area contributed by atoms with E-state index in [9.17, 15) is 4.79 Å². The van der Waals surface area contributed by atoms with E-state index >= 15 is 0 Å². The monoisotopic (exact) mass is 351 g/mol. The number of aromatic amines is 1. The molecule has 0 fully saturated rings. The van der Waals surface area contributed by atoms with Crippen molar-refractivity contribution in [3.05, 3.63) is 34.4 Å². The first-order chi connectivity index (χ1) is 9.76. The molecule has 0 bridgehead atoms. The first-order valence-corrected chi connectivity index (χ1v) is 7.36. The summed E-state index contributed by atoms with van der Waals surface area (Å²) in [6.45, 7) is 7.36. The van der Waals surface area contributed by atoms with Crippen LogP contribution in [0.5, 0.6) is 0 Å². The molecule has 1 amide bonds. The molecule has 0 saturated heterocycles. The van der Waals surface area contributed by atoms with Crippen molar-refractivity contribution in [1.82, 2.24) is 10.2 Å². The average Bonchev–Trinajstić information content (AvgIpc) is 2.67. The Morgan fingerprint density at radius 2 is 2.10 bits per heavy atom. The summed E-state index contributed by atoms with van der Waals surface area (Å²) in [5.74, 6) is 0.458. The van der Waals surface area contributed by atoms with Crippen LogP contribution in [0.15, 0.2) is 28.7 Å². The highest BCUT2D eigenvalue weighted by Gasteiger charge is 2.20. The van der Waals surface area contributed by atoms with Crippen LogP contribution in [-0.2, 0) is 4.74 Å². The van der Waals surface area contributed by atoms with E-state index in [1.165, 1.54) is 0 Å². The lowest BCUT2D eigenvalue weighted by Gasteiger charge is -2.19. The maximum absolute atomic E-state index is 11.9. The van der Waals surface area contributed by atoms with Crippen LogP contribution in [0, 0.1) is 6.92 Å². The number of amides is 1. The molecule has 0 aliphatic heterocycles. The number of nitrogens with zero attached hydrogens (tertiary/aromatic N) is 1. The number of aromatic nitrogens is 2. The fourth-order valence-corrected chi connectivity index (χ4v) is 2.32. The molecule has 0 radical (unpaired) electrons. The Kier molecular flexibility index (Phi) is 4.37. The molecule has 1 heterocycles. The van der Waals surface area contributed by atoms with Crippen LogP contribution < -0.4 is 5.32 Å². The predicted molar refractivity (Wildman–Crippen MR) is 86.3 cm³/mol. The number of benzene rings is 1. The van der Waals surface area contributed by atoms with Crippen molar-refractivity contribution in [2.24, 2.45) is 0 Å². The zero-order valence-corrected chi connectivity index (χ0v) is 14.0. The fraction of sp³-hybridized carbons (Fsp3) is 0.333. The second-order valence-electron chi connectivity index (χ2n) is 5.71. The van der Waals surface area contributed by atoms with Crippen molar-refractivity contribution in [2.45, 2.75) is 33.3 Å². The lowest BCUT2D eigenvalue weighted by molar-refractivity contribution is 0.0635. The molecule has 0 aliphatic carbocycles. The number of carbonyl (C=O) groups is 1. The third-order valence-electron chi connectivity index (χ3n) is 2.68. The fourth-order valence-electron chi connectivity index (χ4n) is 1.92. The molecule has 2 N–H and O–H groups in total. The van der Waals surface area contributed by atoms with Gasteiger partial charge in [-0.05, 0) is 45.4 Å². The third-order valence-corrected chi connectivity index (χ3v) is 3.17. The van der Waals surface area contributed by atoms with Gasteiger partial charge in [-0.1, -0.05) is 28.1 Å². The minimum absolute atomic E-state index is 0.458. The van der Waals surface area contributed by atoms with Crippen LogP contribution in [0.2, 0.25) is 0 Å². The Morgan fingerprint density at radius 1 is 1.38 bits per heavy atom. The van der Waals surface area contributed by atoms with Gasteiger partial charge in [-0.25, -0.2) is 4.79 Å². The predicted octanol–water partition coefficient (Wildman–Crippen LogP) is 4.49. The molecule has 2 aromatic rings. The van der Waals surface area contributed by atoms with Crippen LogP contribution >= 0.6 is 15.9 Å². The van der Waals surface area contributed by atoms with Gasteiger partial charge in [0.05, 0.1) is 0 Å². The summed E-state index contributed by atoms with van der Waals surface area (Å²) in [7, 11) is 0. The number of nitrogens with one attached hydrogen (secondary N) is 2. The van der Waals surface area contributed by atoms with E-state index in [0.717, 1.165) is 21.3 Å². The van der Waals surface area contributed by atoms with Gasteiger partial charge in [0.25, 0.3) is 0 Å². The molecule has 1 aromatic heterocycles. The Bertz CT molecular complexity index is 659. The highest BCUT2D eigenvalue weighted by Crippen LogP contribution is 2.31. The zero-order chi connectivity index (χ0) is 15.6. The highest BCUT2D eigenvalue weighted by atomic mass is 79.9. The number of carbonyl (C=O) groups excluding carboxylic acids is 1. The Morgan fingerprint density at radius 3 is 2.71 bits per heavy atom. The van der Waals surface area contributed by atoms with Crippen LogP contribution in [0.3, 0.4) is 0 Å². The van der Waals surface area contributed by atoms with Crippen LogP contribution in [0.1, 0.15) is 26.5 Å². The molecule has 2 rings (SSSR count). The average molecular weight is 352 g/mol. The normalized spacial score (nSPS) is 11.3. The van der Waals surface area contributed by atoms with Crippen molar-refractivity contribution in [1.29, 1.82) is 0 Å². The standard InChI is InChI=1S/C15H18BrN3O2/c1-9-12(10-6-5-7-11(16)8-10)13(19-18-9)17-14(20)21-15(2,3)4/h5-8H,1-4H3,(H2,17,18,19,20). The maximum Gasteiger partial charge on any atom is 0.413 e. The Balaban J connectivity index is 2.29. The molecule has 1 aromatic carbocycles. The van der Waals surface area contributed by atoms with Gasteiger partial charge >= 0.3 is 6.09 Å². The second-order valence-corrected chi connectivity index (χ2v) is 6.63. The maximum atomic E-state index is 11.9. The minimum atomic E-state index is -0.550. The quantitative estimate of drug-likeness (QED) is 0.837. The topological polar surface area (TPSA) is 67.0 Å². The van der Waals surface area contributed by atoms with Gasteiger partial charge in [0, 0.05) is 15.7 Å². The molecule has 0 aliphatic rings. The molecule has 0 unspecified atom stereocenters. The summed E-state index contributed by atoms with van der Waals surface area (Å²) >= 11 is 3.44. The Labute approximate surface area is 132 Å². The number of halogens is 1. The number of ether oxygens (including phenoxy) is 1. The molecular formula is C15H18BrN3O2. The first kappa shape index (κ1) is 15.6. The second kappa shape index (κ2) is 5.89. The van der Waals surface area contributed by atoms with E-state index in [4.69, 9.17) is 4.74 Å². The number of hydrogen-bond acceptors (Lipinski definition) is 3. The van der Waals surface area contributed by atoms with E-state index in [0.29, 0.717) is 5.82 Å². The lowest BCUT2D eigenvalue weighted by atomic mass is 10.1. The third kappa shape index (κ3) is 4.07. The van der Waals surface area contributed by atoms with Crippen LogP contribution in [-0.4, -0.2) is 21.9 Å². The van der Waals surface area contributed by atoms with Gasteiger partial charge in [0.15, 0.2) is 5.82 Å². The molecule has 0 saturated carbocycles. The first-order valence-electron chi connectivity index (χ1n) is 6.57. The number of H-pyrrole nitrogens is 1. The van der Waals surface area contributed by atoms with Crippen molar-refractivity contribution >= 4 is 27.8 Å². The van der Waals surface area contributed by atoms with Gasteiger partial charge in [-0.3, -0.25) is 10.4 Å². The molecule has 21 heavy (non-hydrogen) atoms. The van der Waals surface area contributed by atoms with Gasteiger partial charge in [0.2, 0.25) is 0 Å². The Hall–Kier alpha value is -1.82. The van der Waals surface area contributed by atoms with Crippen molar-refractivity contribution in [3.8, 4) is 11.1 Å². The summed E-state index contributed by atoms with van der Waals surface area (Å²) in [6, 6.07) is 7.81. The molecule has 0 atom stereocenters. The van der Waals surface area contributed by atoms with Crippen LogP contribution in [0.4, 0.5) is 10.6 Å². The number of aryl methyl sites for hydroxylation is 1. The molecule has 5 nitrogen and oxygen atoms in total.